The van der Waals surface area contributed by atoms with Gasteiger partial charge >= 0.3 is 0 Å². The average Bonchev–Trinajstić information content (AvgIpc) is 2.40. The number of amides is 2. The summed E-state index contributed by atoms with van der Waals surface area (Å²) >= 11 is 3.37. The van der Waals surface area contributed by atoms with Crippen LogP contribution in [0.1, 0.15) is 32.3 Å². The zero-order valence-electron chi connectivity index (χ0n) is 11.6. The highest BCUT2D eigenvalue weighted by molar-refractivity contribution is 9.10. The molecule has 1 saturated heterocycles. The smallest absolute Gasteiger partial charge is 0.245 e. The molecule has 1 N–H and O–H groups in total. The molecule has 108 valence electrons. The Kier molecular flexibility index (Phi) is 4.75. The Balaban J connectivity index is 2.23. The van der Waals surface area contributed by atoms with Gasteiger partial charge in [0.1, 0.15) is 12.1 Å². The lowest BCUT2D eigenvalue weighted by atomic mass is 10.0. The van der Waals surface area contributed by atoms with Gasteiger partial charge in [0.2, 0.25) is 11.8 Å². The van der Waals surface area contributed by atoms with Crippen LogP contribution in [0.3, 0.4) is 0 Å². The largest absolute Gasteiger partial charge is 0.343 e. The minimum atomic E-state index is -0.462. The summed E-state index contributed by atoms with van der Waals surface area (Å²) in [6.45, 7) is 4.14. The van der Waals surface area contributed by atoms with Crippen molar-refractivity contribution in [3.63, 3.8) is 0 Å². The Morgan fingerprint density at radius 1 is 1.40 bits per heavy atom. The minimum Gasteiger partial charge on any atom is -0.343 e. The third-order valence-corrected chi connectivity index (χ3v) is 3.80. The molecular formula is C14H18BrN3O2. The van der Waals surface area contributed by atoms with E-state index in [0.717, 1.165) is 16.5 Å². The molecule has 0 saturated carbocycles. The van der Waals surface area contributed by atoms with E-state index in [-0.39, 0.29) is 17.9 Å². The van der Waals surface area contributed by atoms with E-state index in [9.17, 15) is 9.59 Å². The number of aromatic nitrogens is 1. The predicted octanol–water partition coefficient (Wildman–Crippen LogP) is 1.86. The topological polar surface area (TPSA) is 62.3 Å². The molecule has 1 fully saturated rings. The summed E-state index contributed by atoms with van der Waals surface area (Å²) in [4.78, 5) is 30.2. The summed E-state index contributed by atoms with van der Waals surface area (Å²) in [5, 5.41) is 2.74. The second kappa shape index (κ2) is 6.35. The van der Waals surface area contributed by atoms with Gasteiger partial charge in [-0.25, -0.2) is 0 Å². The number of nitrogens with zero attached hydrogens (tertiary/aromatic N) is 2. The normalized spacial score (nSPS) is 22.9. The standard InChI is InChI=1S/C14H18BrN3O2/c1-3-4-12-13(19)17-9(2)14(20)18(12)8-10-5-11(15)7-16-6-10/h5-7,9,12H,3-4,8H2,1-2H3,(H,17,19). The Bertz CT molecular complexity index is 521. The molecule has 0 radical (unpaired) electrons. The van der Waals surface area contributed by atoms with Crippen molar-refractivity contribution in [3.8, 4) is 0 Å². The number of hydrogen-bond donors (Lipinski definition) is 1. The Morgan fingerprint density at radius 3 is 2.80 bits per heavy atom. The molecule has 0 bridgehead atoms. The molecular weight excluding hydrogens is 322 g/mol. The average molecular weight is 340 g/mol. The lowest BCUT2D eigenvalue weighted by Gasteiger charge is -2.38. The van der Waals surface area contributed by atoms with E-state index in [0.29, 0.717) is 13.0 Å². The highest BCUT2D eigenvalue weighted by atomic mass is 79.9. The number of carbonyl (C=O) groups is 2. The first kappa shape index (κ1) is 15.0. The number of rotatable bonds is 4. The van der Waals surface area contributed by atoms with Gasteiger partial charge in [-0.2, -0.15) is 0 Å². The van der Waals surface area contributed by atoms with Crippen LogP contribution in [0, 0.1) is 0 Å². The molecule has 2 unspecified atom stereocenters. The lowest BCUT2D eigenvalue weighted by molar-refractivity contribution is -0.149. The summed E-state index contributed by atoms with van der Waals surface area (Å²) in [5.74, 6) is -0.107. The second-order valence-electron chi connectivity index (χ2n) is 5.01. The molecule has 2 atom stereocenters. The lowest BCUT2D eigenvalue weighted by Crippen LogP contribution is -2.61. The maximum absolute atomic E-state index is 12.3. The molecule has 0 aliphatic carbocycles. The maximum atomic E-state index is 12.3. The van der Waals surface area contributed by atoms with E-state index in [1.807, 2.05) is 13.0 Å². The molecule has 2 rings (SSSR count). The van der Waals surface area contributed by atoms with E-state index in [2.05, 4.69) is 26.2 Å². The van der Waals surface area contributed by atoms with Gasteiger partial charge in [0.25, 0.3) is 0 Å². The third-order valence-electron chi connectivity index (χ3n) is 3.37. The van der Waals surface area contributed by atoms with Crippen molar-refractivity contribution in [1.82, 2.24) is 15.2 Å². The van der Waals surface area contributed by atoms with E-state index in [1.54, 1.807) is 24.2 Å². The van der Waals surface area contributed by atoms with Gasteiger partial charge in [0.15, 0.2) is 0 Å². The molecule has 2 amide bonds. The summed E-state index contributed by atoms with van der Waals surface area (Å²) in [6.07, 6.45) is 4.94. The predicted molar refractivity (Wildman–Crippen MR) is 78.8 cm³/mol. The van der Waals surface area contributed by atoms with E-state index in [4.69, 9.17) is 0 Å². The number of piperazine rings is 1. The van der Waals surface area contributed by atoms with Crippen LogP contribution in [0.15, 0.2) is 22.9 Å². The molecule has 0 spiro atoms. The van der Waals surface area contributed by atoms with Crippen LogP contribution < -0.4 is 5.32 Å². The summed E-state index contributed by atoms with van der Waals surface area (Å²) in [6, 6.07) is 1.07. The van der Waals surface area contributed by atoms with Crippen molar-refractivity contribution in [2.45, 2.75) is 45.3 Å². The van der Waals surface area contributed by atoms with E-state index in [1.165, 1.54) is 0 Å². The van der Waals surface area contributed by atoms with Crippen LogP contribution in [0.5, 0.6) is 0 Å². The molecule has 0 aromatic carbocycles. The Labute approximate surface area is 126 Å². The molecule has 6 heteroatoms. The molecule has 1 aromatic heterocycles. The number of halogens is 1. The van der Waals surface area contributed by atoms with Gasteiger partial charge in [-0.15, -0.1) is 0 Å². The first-order chi connectivity index (χ1) is 9.52. The number of pyridine rings is 1. The van der Waals surface area contributed by atoms with Crippen LogP contribution in [-0.4, -0.2) is 33.8 Å². The quantitative estimate of drug-likeness (QED) is 0.910. The fourth-order valence-corrected chi connectivity index (χ4v) is 2.81. The zero-order valence-corrected chi connectivity index (χ0v) is 13.2. The summed E-state index contributed by atoms with van der Waals surface area (Å²) < 4.78 is 0.865. The highest BCUT2D eigenvalue weighted by Gasteiger charge is 2.37. The fourth-order valence-electron chi connectivity index (χ4n) is 2.40. The van der Waals surface area contributed by atoms with Crippen molar-refractivity contribution < 1.29 is 9.59 Å². The Morgan fingerprint density at radius 2 is 2.15 bits per heavy atom. The SMILES string of the molecule is CCCC1C(=O)NC(C)C(=O)N1Cc1cncc(Br)c1. The van der Waals surface area contributed by atoms with Crippen molar-refractivity contribution in [3.05, 3.63) is 28.5 Å². The van der Waals surface area contributed by atoms with Crippen molar-refractivity contribution in [2.75, 3.05) is 0 Å². The second-order valence-corrected chi connectivity index (χ2v) is 5.93. The number of hydrogen-bond acceptors (Lipinski definition) is 3. The van der Waals surface area contributed by atoms with Crippen LogP contribution in [-0.2, 0) is 16.1 Å². The van der Waals surface area contributed by atoms with E-state index < -0.39 is 6.04 Å². The molecule has 20 heavy (non-hydrogen) atoms. The number of carbonyl (C=O) groups excluding carboxylic acids is 2. The molecule has 5 nitrogen and oxygen atoms in total. The fraction of sp³-hybridized carbons (Fsp3) is 0.500. The van der Waals surface area contributed by atoms with Crippen molar-refractivity contribution >= 4 is 27.7 Å². The summed E-state index contributed by atoms with van der Waals surface area (Å²) in [5.41, 5.74) is 0.913. The molecule has 1 aliphatic rings. The zero-order chi connectivity index (χ0) is 14.7. The first-order valence-corrected chi connectivity index (χ1v) is 7.52. The summed E-state index contributed by atoms with van der Waals surface area (Å²) in [7, 11) is 0. The molecule has 1 aromatic rings. The van der Waals surface area contributed by atoms with Crippen LogP contribution in [0.25, 0.3) is 0 Å². The minimum absolute atomic E-state index is 0.0389. The molecule has 2 heterocycles. The first-order valence-electron chi connectivity index (χ1n) is 6.73. The van der Waals surface area contributed by atoms with E-state index >= 15 is 0 Å². The molecule has 1 aliphatic heterocycles. The van der Waals surface area contributed by atoms with Crippen molar-refractivity contribution in [1.29, 1.82) is 0 Å². The van der Waals surface area contributed by atoms with Gasteiger partial charge in [-0.05, 0) is 40.9 Å². The maximum Gasteiger partial charge on any atom is 0.245 e. The number of nitrogens with one attached hydrogen (secondary N) is 1. The highest BCUT2D eigenvalue weighted by Crippen LogP contribution is 2.19. The Hall–Kier alpha value is -1.43. The van der Waals surface area contributed by atoms with Gasteiger partial charge < -0.3 is 10.2 Å². The van der Waals surface area contributed by atoms with Crippen LogP contribution in [0.2, 0.25) is 0 Å². The van der Waals surface area contributed by atoms with Gasteiger partial charge in [-0.3, -0.25) is 14.6 Å². The van der Waals surface area contributed by atoms with Gasteiger partial charge in [-0.1, -0.05) is 13.3 Å². The van der Waals surface area contributed by atoms with Gasteiger partial charge in [0, 0.05) is 23.4 Å². The van der Waals surface area contributed by atoms with Crippen molar-refractivity contribution in [2.24, 2.45) is 0 Å². The van der Waals surface area contributed by atoms with Crippen LogP contribution in [0.4, 0.5) is 0 Å². The van der Waals surface area contributed by atoms with Gasteiger partial charge in [0.05, 0.1) is 0 Å². The van der Waals surface area contributed by atoms with Crippen LogP contribution >= 0.6 is 15.9 Å². The monoisotopic (exact) mass is 339 g/mol. The third kappa shape index (κ3) is 3.17.